The zero-order valence-corrected chi connectivity index (χ0v) is 15.0. The number of amides is 2. The van der Waals surface area contributed by atoms with Crippen LogP contribution in [0.1, 0.15) is 27.6 Å². The number of pyridine rings is 1. The van der Waals surface area contributed by atoms with Crippen molar-refractivity contribution in [1.29, 1.82) is 0 Å². The van der Waals surface area contributed by atoms with E-state index in [0.717, 1.165) is 11.3 Å². The zero-order valence-electron chi connectivity index (χ0n) is 15.0. The summed E-state index contributed by atoms with van der Waals surface area (Å²) >= 11 is 0. The Labute approximate surface area is 156 Å². The molecular weight excluding hydrogens is 344 g/mol. The highest BCUT2D eigenvalue weighted by molar-refractivity contribution is 5.97. The predicted octanol–water partition coefficient (Wildman–Crippen LogP) is 2.13. The summed E-state index contributed by atoms with van der Waals surface area (Å²) < 4.78 is 7.32. The fourth-order valence-electron chi connectivity index (χ4n) is 3.31. The number of fused-ring (bicyclic) bond motifs is 1. The quantitative estimate of drug-likeness (QED) is 0.752. The zero-order chi connectivity index (χ0) is 18.8. The molecule has 0 saturated carbocycles. The van der Waals surface area contributed by atoms with Crippen LogP contribution in [-0.4, -0.2) is 32.3 Å². The van der Waals surface area contributed by atoms with Crippen LogP contribution < -0.4 is 5.32 Å². The van der Waals surface area contributed by atoms with Crippen molar-refractivity contribution in [2.45, 2.75) is 32.6 Å². The smallest absolute Gasteiger partial charge is 0.271 e. The van der Waals surface area contributed by atoms with Crippen LogP contribution in [0.25, 0.3) is 0 Å². The van der Waals surface area contributed by atoms with Gasteiger partial charge in [0.1, 0.15) is 23.3 Å². The van der Waals surface area contributed by atoms with Gasteiger partial charge in [-0.25, -0.2) is 0 Å². The van der Waals surface area contributed by atoms with Gasteiger partial charge in [-0.15, -0.1) is 0 Å². The first kappa shape index (κ1) is 17.1. The lowest BCUT2D eigenvalue weighted by Crippen LogP contribution is -2.54. The van der Waals surface area contributed by atoms with Crippen molar-refractivity contribution in [2.75, 3.05) is 0 Å². The van der Waals surface area contributed by atoms with Crippen LogP contribution >= 0.6 is 0 Å². The van der Waals surface area contributed by atoms with Crippen molar-refractivity contribution in [3.63, 3.8) is 0 Å². The van der Waals surface area contributed by atoms with Gasteiger partial charge in [0.15, 0.2) is 0 Å². The highest BCUT2D eigenvalue weighted by Gasteiger charge is 2.36. The average molecular weight is 364 g/mol. The summed E-state index contributed by atoms with van der Waals surface area (Å²) in [4.78, 5) is 31.5. The molecule has 4 heterocycles. The number of carbonyl (C=O) groups excluding carboxylic acids is 2. The molecule has 0 spiro atoms. The van der Waals surface area contributed by atoms with Gasteiger partial charge in [0.25, 0.3) is 5.91 Å². The summed E-state index contributed by atoms with van der Waals surface area (Å²) in [5, 5.41) is 2.89. The van der Waals surface area contributed by atoms with Crippen molar-refractivity contribution >= 4 is 11.8 Å². The largest absolute Gasteiger partial charge is 0.465 e. The lowest BCUT2D eigenvalue weighted by atomic mass is 10.1. The number of hydrogen-bond acceptors (Lipinski definition) is 4. The van der Waals surface area contributed by atoms with E-state index >= 15 is 0 Å². The van der Waals surface area contributed by atoms with E-state index in [1.165, 1.54) is 0 Å². The third-order valence-corrected chi connectivity index (χ3v) is 4.67. The molecule has 0 bridgehead atoms. The van der Waals surface area contributed by atoms with Gasteiger partial charge in [0.05, 0.1) is 13.1 Å². The van der Waals surface area contributed by atoms with E-state index in [0.29, 0.717) is 24.5 Å². The maximum atomic E-state index is 13.0. The number of hydrogen-bond donors (Lipinski definition) is 1. The van der Waals surface area contributed by atoms with E-state index in [-0.39, 0.29) is 18.4 Å². The van der Waals surface area contributed by atoms with Gasteiger partial charge < -0.3 is 19.2 Å². The van der Waals surface area contributed by atoms with Gasteiger partial charge in [-0.1, -0.05) is 6.07 Å². The van der Waals surface area contributed by atoms with Crippen LogP contribution in [0.15, 0.2) is 59.4 Å². The minimum atomic E-state index is -0.603. The summed E-state index contributed by atoms with van der Waals surface area (Å²) in [6, 6.07) is 10.4. The molecule has 4 rings (SSSR count). The van der Waals surface area contributed by atoms with Gasteiger partial charge >= 0.3 is 0 Å². The fraction of sp³-hybridized carbons (Fsp3) is 0.250. The molecule has 0 saturated heterocycles. The SMILES string of the molecule is Cc1ccc(CNC(=O)C2Cn3cccc3C(=O)N2Cc2cccnc2)o1. The highest BCUT2D eigenvalue weighted by Crippen LogP contribution is 2.21. The Balaban J connectivity index is 1.55. The highest BCUT2D eigenvalue weighted by atomic mass is 16.3. The Hall–Kier alpha value is -3.35. The van der Waals surface area contributed by atoms with Gasteiger partial charge in [-0.05, 0) is 42.8 Å². The average Bonchev–Trinajstić information content (AvgIpc) is 3.31. The van der Waals surface area contributed by atoms with Crippen molar-refractivity contribution in [1.82, 2.24) is 19.8 Å². The Morgan fingerprint density at radius 1 is 1.30 bits per heavy atom. The molecule has 138 valence electrons. The van der Waals surface area contributed by atoms with E-state index < -0.39 is 6.04 Å². The van der Waals surface area contributed by atoms with Crippen LogP contribution in [0.5, 0.6) is 0 Å². The van der Waals surface area contributed by atoms with Gasteiger partial charge in [-0.3, -0.25) is 14.6 Å². The molecule has 1 atom stereocenters. The Morgan fingerprint density at radius 2 is 2.19 bits per heavy atom. The third-order valence-electron chi connectivity index (χ3n) is 4.67. The van der Waals surface area contributed by atoms with Crippen LogP contribution in [-0.2, 0) is 24.4 Å². The lowest BCUT2D eigenvalue weighted by Gasteiger charge is -2.35. The van der Waals surface area contributed by atoms with Crippen LogP contribution in [0.2, 0.25) is 0 Å². The van der Waals surface area contributed by atoms with Crippen LogP contribution in [0, 0.1) is 6.92 Å². The first-order chi connectivity index (χ1) is 13.1. The Morgan fingerprint density at radius 3 is 2.93 bits per heavy atom. The molecule has 3 aromatic rings. The number of rotatable bonds is 5. The number of nitrogens with one attached hydrogen (secondary N) is 1. The summed E-state index contributed by atoms with van der Waals surface area (Å²) in [7, 11) is 0. The molecule has 0 aliphatic carbocycles. The fourth-order valence-corrected chi connectivity index (χ4v) is 3.31. The van der Waals surface area contributed by atoms with Crippen molar-refractivity contribution in [3.05, 3.63) is 77.8 Å². The van der Waals surface area contributed by atoms with Crippen molar-refractivity contribution in [2.24, 2.45) is 0 Å². The second-order valence-corrected chi connectivity index (χ2v) is 6.59. The van der Waals surface area contributed by atoms with Crippen molar-refractivity contribution < 1.29 is 14.0 Å². The molecule has 2 amide bonds. The van der Waals surface area contributed by atoms with Crippen LogP contribution in [0.3, 0.4) is 0 Å². The van der Waals surface area contributed by atoms with E-state index in [4.69, 9.17) is 4.42 Å². The standard InChI is InChI=1S/C20H20N4O3/c1-14-6-7-16(27-14)11-22-19(25)18-13-23-9-3-5-17(23)20(26)24(18)12-15-4-2-8-21-10-15/h2-10,18H,11-13H2,1H3,(H,22,25). The molecule has 1 unspecified atom stereocenters. The van der Waals surface area contributed by atoms with E-state index in [1.54, 1.807) is 23.4 Å². The molecule has 0 fully saturated rings. The predicted molar refractivity (Wildman–Crippen MR) is 97.6 cm³/mol. The topological polar surface area (TPSA) is 80.4 Å². The summed E-state index contributed by atoms with van der Waals surface area (Å²) in [6.45, 7) is 2.89. The monoisotopic (exact) mass is 364 g/mol. The summed E-state index contributed by atoms with van der Waals surface area (Å²) in [5.74, 6) is 1.11. The van der Waals surface area contributed by atoms with E-state index in [2.05, 4.69) is 10.3 Å². The molecule has 1 aliphatic heterocycles. The molecule has 0 radical (unpaired) electrons. The van der Waals surface area contributed by atoms with Gasteiger partial charge in [-0.2, -0.15) is 0 Å². The minimum absolute atomic E-state index is 0.163. The lowest BCUT2D eigenvalue weighted by molar-refractivity contribution is -0.127. The molecule has 7 nitrogen and oxygen atoms in total. The van der Waals surface area contributed by atoms with Gasteiger partial charge in [0, 0.05) is 25.1 Å². The number of aryl methyl sites for hydroxylation is 1. The third kappa shape index (κ3) is 3.48. The van der Waals surface area contributed by atoms with E-state index in [1.807, 2.05) is 48.0 Å². The molecule has 1 aliphatic rings. The maximum Gasteiger partial charge on any atom is 0.271 e. The second kappa shape index (κ2) is 7.11. The number of aromatic nitrogens is 2. The maximum absolute atomic E-state index is 13.0. The molecule has 1 N–H and O–H groups in total. The Bertz CT molecular complexity index is 961. The number of carbonyl (C=O) groups is 2. The first-order valence-electron chi connectivity index (χ1n) is 8.80. The molecule has 7 heteroatoms. The Kier molecular flexibility index (Phi) is 4.50. The summed E-state index contributed by atoms with van der Waals surface area (Å²) in [5.41, 5.74) is 1.47. The second-order valence-electron chi connectivity index (χ2n) is 6.59. The van der Waals surface area contributed by atoms with Gasteiger partial charge in [0.2, 0.25) is 5.91 Å². The number of furan rings is 1. The van der Waals surface area contributed by atoms with Crippen LogP contribution in [0.4, 0.5) is 0 Å². The summed E-state index contributed by atoms with van der Waals surface area (Å²) in [6.07, 6.45) is 5.22. The van der Waals surface area contributed by atoms with Crippen molar-refractivity contribution in [3.8, 4) is 0 Å². The normalized spacial score (nSPS) is 16.3. The molecule has 27 heavy (non-hydrogen) atoms. The number of nitrogens with zero attached hydrogens (tertiary/aromatic N) is 3. The molecule has 0 aromatic carbocycles. The van der Waals surface area contributed by atoms with E-state index in [9.17, 15) is 9.59 Å². The first-order valence-corrected chi connectivity index (χ1v) is 8.80. The molecular formula is C20H20N4O3. The minimum Gasteiger partial charge on any atom is -0.465 e. The molecule has 3 aromatic heterocycles.